The SMILES string of the molecule is CCCCCCCCc1cc(S(=O)(=O)[O-])cc2c(CCCCCCCC)cccc12.CCCCCCCCc1cc(S(=O)(=O)[O-])cc2c(CCCCCCCC)cccc12.[Ba+2]. The van der Waals surface area contributed by atoms with E-state index in [1.54, 1.807) is 24.3 Å². The van der Waals surface area contributed by atoms with Crippen LogP contribution in [0.15, 0.2) is 70.5 Å². The van der Waals surface area contributed by atoms with Crippen molar-refractivity contribution in [1.82, 2.24) is 0 Å². The molecule has 0 radical (unpaired) electrons. The topological polar surface area (TPSA) is 114 Å². The second-order valence-electron chi connectivity index (χ2n) is 17.2. The Kier molecular flexibility index (Phi) is 29.0. The van der Waals surface area contributed by atoms with E-state index in [-0.39, 0.29) is 58.7 Å². The predicted molar refractivity (Wildman–Crippen MR) is 258 cm³/mol. The maximum absolute atomic E-state index is 11.8. The molecule has 0 unspecified atom stereocenters. The Hall–Kier alpha value is -1.21. The van der Waals surface area contributed by atoms with E-state index in [0.29, 0.717) is 0 Å². The molecule has 0 N–H and O–H groups in total. The first-order valence-electron chi connectivity index (χ1n) is 23.9. The van der Waals surface area contributed by atoms with Crippen molar-refractivity contribution < 1.29 is 25.9 Å². The molecule has 0 atom stereocenters. The number of hydrogen-bond donors (Lipinski definition) is 0. The number of fused-ring (bicyclic) bond motifs is 2. The molecular weight excluding hydrogens is 922 g/mol. The molecule has 0 aromatic heterocycles. The second kappa shape index (κ2) is 31.6. The molecule has 336 valence electrons. The van der Waals surface area contributed by atoms with Crippen molar-refractivity contribution in [2.24, 2.45) is 0 Å². The van der Waals surface area contributed by atoms with Crippen LogP contribution in [0.1, 0.15) is 204 Å². The maximum atomic E-state index is 11.8. The third-order valence-electron chi connectivity index (χ3n) is 12.1. The fraction of sp³-hybridized carbons (Fsp3) is 0.615. The van der Waals surface area contributed by atoms with Gasteiger partial charge in [0.1, 0.15) is 20.2 Å². The van der Waals surface area contributed by atoms with Crippen molar-refractivity contribution in [2.75, 3.05) is 0 Å². The van der Waals surface area contributed by atoms with Crippen LogP contribution in [-0.4, -0.2) is 74.8 Å². The van der Waals surface area contributed by atoms with Crippen LogP contribution in [0.4, 0.5) is 0 Å². The zero-order valence-electron chi connectivity index (χ0n) is 38.5. The van der Waals surface area contributed by atoms with Crippen molar-refractivity contribution in [1.29, 1.82) is 0 Å². The third-order valence-corrected chi connectivity index (χ3v) is 13.7. The van der Waals surface area contributed by atoms with E-state index in [9.17, 15) is 25.9 Å². The van der Waals surface area contributed by atoms with Crippen molar-refractivity contribution in [3.8, 4) is 0 Å². The summed E-state index contributed by atoms with van der Waals surface area (Å²) >= 11 is 0. The summed E-state index contributed by atoms with van der Waals surface area (Å²) in [4.78, 5) is -0.155. The van der Waals surface area contributed by atoms with Crippen LogP contribution in [0, 0.1) is 0 Å². The molecule has 4 aromatic rings. The molecule has 0 amide bonds. The predicted octanol–water partition coefficient (Wildman–Crippen LogP) is 14.7. The van der Waals surface area contributed by atoms with Gasteiger partial charge in [0, 0.05) is 0 Å². The fourth-order valence-electron chi connectivity index (χ4n) is 8.52. The zero-order chi connectivity index (χ0) is 43.6. The van der Waals surface area contributed by atoms with E-state index >= 15 is 0 Å². The van der Waals surface area contributed by atoms with Crippen LogP contribution in [0.5, 0.6) is 0 Å². The summed E-state index contributed by atoms with van der Waals surface area (Å²) in [6, 6.07) is 18.9. The summed E-state index contributed by atoms with van der Waals surface area (Å²) in [5.41, 5.74) is 4.33. The summed E-state index contributed by atoms with van der Waals surface area (Å²) in [5.74, 6) is 0. The molecule has 9 heteroatoms. The van der Waals surface area contributed by atoms with Gasteiger partial charge in [-0.15, -0.1) is 0 Å². The van der Waals surface area contributed by atoms with Gasteiger partial charge in [-0.25, -0.2) is 16.8 Å². The van der Waals surface area contributed by atoms with E-state index in [1.807, 2.05) is 0 Å². The standard InChI is InChI=1S/2C26H40O3S.Ba/c2*1-3-5-7-9-11-13-16-22-18-15-19-25-23(17-14-12-10-8-6-4-2)20-24(21-26(22)25)30(27,28)29;/h2*15,18-21H,3-14,16-17H2,1-2H3,(H,27,28,29);/q;;+2/p-2. The molecule has 0 bridgehead atoms. The van der Waals surface area contributed by atoms with Crippen molar-refractivity contribution in [3.63, 3.8) is 0 Å². The molecule has 0 fully saturated rings. The van der Waals surface area contributed by atoms with Crippen LogP contribution in [0.25, 0.3) is 21.5 Å². The van der Waals surface area contributed by atoms with E-state index in [2.05, 4.69) is 64.1 Å². The van der Waals surface area contributed by atoms with E-state index in [0.717, 1.165) is 108 Å². The molecule has 0 saturated carbocycles. The van der Waals surface area contributed by atoms with Gasteiger partial charge in [0.2, 0.25) is 0 Å². The monoisotopic (exact) mass is 1000 g/mol. The number of unbranched alkanes of at least 4 members (excludes halogenated alkanes) is 20. The number of aryl methyl sites for hydroxylation is 4. The summed E-state index contributed by atoms with van der Waals surface area (Å²) in [6.45, 7) is 8.87. The summed E-state index contributed by atoms with van der Waals surface area (Å²) in [6.07, 6.45) is 32.6. The average Bonchev–Trinajstić information content (AvgIpc) is 3.22. The van der Waals surface area contributed by atoms with Gasteiger partial charge in [0.25, 0.3) is 0 Å². The van der Waals surface area contributed by atoms with E-state index < -0.39 is 20.2 Å². The molecule has 6 nitrogen and oxygen atoms in total. The van der Waals surface area contributed by atoms with Gasteiger partial charge in [-0.2, -0.15) is 0 Å². The third kappa shape index (κ3) is 21.1. The van der Waals surface area contributed by atoms with Crippen LogP contribution < -0.4 is 0 Å². The Morgan fingerprint density at radius 2 is 0.607 bits per heavy atom. The van der Waals surface area contributed by atoms with Gasteiger partial charge in [0.05, 0.1) is 9.79 Å². The Morgan fingerprint density at radius 3 is 0.885 bits per heavy atom. The zero-order valence-corrected chi connectivity index (χ0v) is 44.6. The first-order valence-corrected chi connectivity index (χ1v) is 26.8. The van der Waals surface area contributed by atoms with E-state index in [1.165, 1.54) is 116 Å². The Morgan fingerprint density at radius 1 is 0.344 bits per heavy atom. The Balaban J connectivity index is 0.000000413. The van der Waals surface area contributed by atoms with Crippen LogP contribution in [0.2, 0.25) is 0 Å². The van der Waals surface area contributed by atoms with Crippen molar-refractivity contribution >= 4 is 90.7 Å². The molecule has 4 rings (SSSR count). The molecule has 0 saturated heterocycles. The van der Waals surface area contributed by atoms with Gasteiger partial charge >= 0.3 is 48.9 Å². The minimum absolute atomic E-state index is 0. The number of hydrogen-bond acceptors (Lipinski definition) is 6. The van der Waals surface area contributed by atoms with Crippen molar-refractivity contribution in [3.05, 3.63) is 82.9 Å². The summed E-state index contributed by atoms with van der Waals surface area (Å²) in [5, 5.41) is 4.12. The molecule has 61 heavy (non-hydrogen) atoms. The second-order valence-corrected chi connectivity index (χ2v) is 19.9. The van der Waals surface area contributed by atoms with Crippen molar-refractivity contribution in [2.45, 2.75) is 217 Å². The quantitative estimate of drug-likeness (QED) is 0.0292. The van der Waals surface area contributed by atoms with E-state index in [4.69, 9.17) is 0 Å². The molecule has 0 aliphatic rings. The van der Waals surface area contributed by atoms with Crippen LogP contribution in [-0.2, 0) is 45.9 Å². The molecule has 0 spiro atoms. The smallest absolute Gasteiger partial charge is 0.744 e. The Bertz CT molecular complexity index is 1900. The number of benzene rings is 4. The average molecular weight is 1000 g/mol. The maximum Gasteiger partial charge on any atom is 2.00 e. The molecule has 0 aliphatic carbocycles. The van der Waals surface area contributed by atoms with Crippen LogP contribution >= 0.6 is 0 Å². The van der Waals surface area contributed by atoms with Gasteiger partial charge in [-0.05, 0) is 119 Å². The molecular formula is C52H78BaO6S2. The first kappa shape index (κ1) is 55.9. The minimum atomic E-state index is -4.46. The van der Waals surface area contributed by atoms with Crippen LogP contribution in [0.3, 0.4) is 0 Å². The van der Waals surface area contributed by atoms with Gasteiger partial charge in [0.15, 0.2) is 0 Å². The molecule has 0 aliphatic heterocycles. The molecule has 4 aromatic carbocycles. The molecule has 0 heterocycles. The van der Waals surface area contributed by atoms with Gasteiger partial charge < -0.3 is 9.11 Å². The normalized spacial score (nSPS) is 11.8. The number of rotatable bonds is 30. The largest absolute Gasteiger partial charge is 2.00 e. The van der Waals surface area contributed by atoms with Gasteiger partial charge in [-0.3, -0.25) is 0 Å². The minimum Gasteiger partial charge on any atom is -0.744 e. The first-order chi connectivity index (χ1) is 28.9. The fourth-order valence-corrected chi connectivity index (χ4v) is 9.61. The summed E-state index contributed by atoms with van der Waals surface area (Å²) in [7, 11) is -8.92. The van der Waals surface area contributed by atoms with Gasteiger partial charge in [-0.1, -0.05) is 193 Å². The Labute approximate surface area is 412 Å². The summed E-state index contributed by atoms with van der Waals surface area (Å²) < 4.78 is 70.8.